The minimum atomic E-state index is 0. The van der Waals surface area contributed by atoms with Crippen molar-refractivity contribution in [3.05, 3.63) is 0 Å². The summed E-state index contributed by atoms with van der Waals surface area (Å²) in [5.74, 6) is 1.91. The molecule has 0 aliphatic carbocycles. The fourth-order valence-electron chi connectivity index (χ4n) is 3.18. The van der Waals surface area contributed by atoms with Gasteiger partial charge >= 0.3 is 17.1 Å². The van der Waals surface area contributed by atoms with E-state index in [0.29, 0.717) is 0 Å². The van der Waals surface area contributed by atoms with Gasteiger partial charge in [0.05, 0.1) is 0 Å². The van der Waals surface area contributed by atoms with Gasteiger partial charge in [-0.25, -0.2) is 0 Å². The van der Waals surface area contributed by atoms with Crippen LogP contribution in [0.1, 0.15) is 142 Å². The fraction of sp³-hybridized carbons (Fsp3) is 1.00. The topological polar surface area (TPSA) is 0 Å². The van der Waals surface area contributed by atoms with Gasteiger partial charge in [0.15, 0.2) is 0 Å². The summed E-state index contributed by atoms with van der Waals surface area (Å²) < 4.78 is 0. The van der Waals surface area contributed by atoms with Crippen molar-refractivity contribution in [2.24, 2.45) is 0 Å². The van der Waals surface area contributed by atoms with Crippen LogP contribution in [0.2, 0.25) is 0 Å². The average molecular weight is 466 g/mol. The molecule has 0 heterocycles. The van der Waals surface area contributed by atoms with Gasteiger partial charge in [-0.1, -0.05) is 142 Å². The van der Waals surface area contributed by atoms with Crippen LogP contribution in [0.3, 0.4) is 0 Å². The minimum absolute atomic E-state index is 0. The number of hydrogen-bond acceptors (Lipinski definition) is 2. The van der Waals surface area contributed by atoms with Crippen molar-refractivity contribution in [2.75, 3.05) is 11.5 Å². The molecule has 0 saturated heterocycles. The molecular formula is C24H50CuS2. The molecule has 0 aliphatic rings. The summed E-state index contributed by atoms with van der Waals surface area (Å²) in [7, 11) is 0. The van der Waals surface area contributed by atoms with Crippen LogP contribution < -0.4 is 0 Å². The maximum atomic E-state index is 4.90. The number of hydrogen-bond donors (Lipinski definition) is 0. The van der Waals surface area contributed by atoms with E-state index in [-0.39, 0.29) is 17.1 Å². The summed E-state index contributed by atoms with van der Waals surface area (Å²) in [6, 6.07) is 0. The van der Waals surface area contributed by atoms with Crippen molar-refractivity contribution in [1.29, 1.82) is 0 Å². The van der Waals surface area contributed by atoms with Crippen LogP contribution in [0.25, 0.3) is 0 Å². The van der Waals surface area contributed by atoms with Gasteiger partial charge in [-0.2, -0.15) is 11.5 Å². The molecule has 0 aliphatic heterocycles. The maximum absolute atomic E-state index is 4.90. The number of unbranched alkanes of at least 4 members (excludes halogenated alkanes) is 18. The predicted molar refractivity (Wildman–Crippen MR) is 128 cm³/mol. The normalized spacial score (nSPS) is 10.2. The van der Waals surface area contributed by atoms with E-state index >= 15 is 0 Å². The Labute approximate surface area is 195 Å². The molecule has 0 amide bonds. The molecule has 0 rings (SSSR count). The Morgan fingerprint density at radius 2 is 0.519 bits per heavy atom. The molecule has 0 aromatic rings. The Bertz CT molecular complexity index is 171. The zero-order valence-electron chi connectivity index (χ0n) is 18.7. The molecule has 27 heavy (non-hydrogen) atoms. The van der Waals surface area contributed by atoms with Crippen molar-refractivity contribution in [3.8, 4) is 0 Å². The molecular weight excluding hydrogens is 416 g/mol. The second-order valence-electron chi connectivity index (χ2n) is 7.77. The van der Waals surface area contributed by atoms with Crippen molar-refractivity contribution < 1.29 is 17.1 Å². The van der Waals surface area contributed by atoms with Crippen LogP contribution in [0.4, 0.5) is 0 Å². The van der Waals surface area contributed by atoms with Crippen LogP contribution in [0.15, 0.2) is 0 Å². The summed E-state index contributed by atoms with van der Waals surface area (Å²) >= 11 is 9.80. The van der Waals surface area contributed by atoms with Gasteiger partial charge in [0.1, 0.15) is 0 Å². The summed E-state index contributed by atoms with van der Waals surface area (Å²) in [5.41, 5.74) is 0. The Hall–Kier alpha value is 1.22. The molecule has 0 saturated carbocycles. The first kappa shape index (κ1) is 32.9. The quantitative estimate of drug-likeness (QED) is 0.0998. The molecule has 0 aromatic heterocycles. The zero-order chi connectivity index (χ0) is 19.6. The number of rotatable bonds is 20. The molecule has 1 radical (unpaired) electrons. The van der Waals surface area contributed by atoms with Crippen LogP contribution in [-0.4, -0.2) is 11.5 Å². The van der Waals surface area contributed by atoms with Gasteiger partial charge in [-0.15, -0.1) is 0 Å². The van der Waals surface area contributed by atoms with E-state index < -0.39 is 0 Å². The SMILES string of the molecule is CCCCCCCCCCCC[S-].CCCCCCCCCCCC[S-].[Cu+2]. The molecule has 0 aromatic carbocycles. The van der Waals surface area contributed by atoms with E-state index in [0.717, 1.165) is 11.5 Å². The van der Waals surface area contributed by atoms with Gasteiger partial charge < -0.3 is 25.3 Å². The van der Waals surface area contributed by atoms with Gasteiger partial charge in [0, 0.05) is 0 Å². The molecule has 0 unspecified atom stereocenters. The largest absolute Gasteiger partial charge is 2.00 e. The summed E-state index contributed by atoms with van der Waals surface area (Å²) in [4.78, 5) is 0. The van der Waals surface area contributed by atoms with E-state index in [9.17, 15) is 0 Å². The van der Waals surface area contributed by atoms with E-state index in [1.54, 1.807) is 0 Å². The van der Waals surface area contributed by atoms with Crippen LogP contribution in [0, 0.1) is 0 Å². The molecule has 0 N–H and O–H groups in total. The predicted octanol–water partition coefficient (Wildman–Crippen LogP) is 8.91. The Morgan fingerprint density at radius 3 is 0.704 bits per heavy atom. The van der Waals surface area contributed by atoms with E-state index in [1.807, 2.05) is 0 Å². The molecule has 3 heteroatoms. The Balaban J connectivity index is -0.000000411. The monoisotopic (exact) mass is 465 g/mol. The van der Waals surface area contributed by atoms with Gasteiger partial charge in [0.25, 0.3) is 0 Å². The maximum Gasteiger partial charge on any atom is 2.00 e. The zero-order valence-corrected chi connectivity index (χ0v) is 21.2. The third kappa shape index (κ3) is 38.4. The third-order valence-electron chi connectivity index (χ3n) is 5.00. The standard InChI is InChI=1S/2C12H26S.Cu/c2*1-2-3-4-5-6-7-8-9-10-11-12-13;/h2*13H,2-12H2,1H3;/q;;+2/p-2. The van der Waals surface area contributed by atoms with Crippen molar-refractivity contribution in [2.45, 2.75) is 142 Å². The molecule has 0 nitrogen and oxygen atoms in total. The molecule has 0 spiro atoms. The third-order valence-corrected chi connectivity index (χ3v) is 5.57. The van der Waals surface area contributed by atoms with Crippen LogP contribution in [-0.2, 0) is 42.3 Å². The average Bonchev–Trinajstić information content (AvgIpc) is 2.66. The Morgan fingerprint density at radius 1 is 0.333 bits per heavy atom. The van der Waals surface area contributed by atoms with Crippen molar-refractivity contribution in [1.82, 2.24) is 0 Å². The smallest absolute Gasteiger partial charge is 0.793 e. The van der Waals surface area contributed by atoms with E-state index in [1.165, 1.54) is 128 Å². The first-order chi connectivity index (χ1) is 12.8. The van der Waals surface area contributed by atoms with Crippen LogP contribution in [0.5, 0.6) is 0 Å². The van der Waals surface area contributed by atoms with Gasteiger partial charge in [-0.05, 0) is 0 Å². The van der Waals surface area contributed by atoms with Crippen LogP contribution >= 0.6 is 0 Å². The summed E-state index contributed by atoms with van der Waals surface area (Å²) in [5, 5.41) is 0. The Kier molecular flexibility index (Phi) is 42.3. The second-order valence-corrected chi connectivity index (χ2v) is 8.59. The molecule has 169 valence electrons. The van der Waals surface area contributed by atoms with Gasteiger partial charge in [0.2, 0.25) is 0 Å². The molecule has 0 bridgehead atoms. The van der Waals surface area contributed by atoms with E-state index in [4.69, 9.17) is 25.3 Å². The summed E-state index contributed by atoms with van der Waals surface area (Å²) in [6.07, 6.45) is 28.1. The first-order valence-electron chi connectivity index (χ1n) is 12.0. The van der Waals surface area contributed by atoms with E-state index in [2.05, 4.69) is 13.8 Å². The fourth-order valence-corrected chi connectivity index (χ4v) is 3.59. The molecule has 0 atom stereocenters. The van der Waals surface area contributed by atoms with Gasteiger partial charge in [-0.3, -0.25) is 0 Å². The second kappa shape index (κ2) is 34.7. The van der Waals surface area contributed by atoms with Crippen molar-refractivity contribution in [3.63, 3.8) is 0 Å². The minimum Gasteiger partial charge on any atom is -0.793 e. The molecule has 0 fully saturated rings. The van der Waals surface area contributed by atoms with Crippen molar-refractivity contribution >= 4 is 25.3 Å². The summed E-state index contributed by atoms with van der Waals surface area (Å²) in [6.45, 7) is 4.55. The first-order valence-corrected chi connectivity index (χ1v) is 13.1.